The Labute approximate surface area is 184 Å². The lowest BCUT2D eigenvalue weighted by atomic mass is 9.42. The van der Waals surface area contributed by atoms with Crippen LogP contribution in [0.3, 0.4) is 0 Å². The summed E-state index contributed by atoms with van der Waals surface area (Å²) >= 11 is 0. The van der Waals surface area contributed by atoms with Crippen LogP contribution in [0, 0.1) is 22.0 Å². The van der Waals surface area contributed by atoms with Gasteiger partial charge in [-0.15, -0.1) is 0 Å². The molecular weight excluding hydrogens is 404 g/mol. The lowest BCUT2D eigenvalue weighted by Crippen LogP contribution is -2.59. The maximum atomic E-state index is 13.9. The zero-order valence-electron chi connectivity index (χ0n) is 17.6. The zero-order chi connectivity index (χ0) is 22.4. The summed E-state index contributed by atoms with van der Waals surface area (Å²) in [6.07, 6.45) is 0. The highest BCUT2D eigenvalue weighted by molar-refractivity contribution is 6.24. The summed E-state index contributed by atoms with van der Waals surface area (Å²) in [5, 5.41) is 11.1. The summed E-state index contributed by atoms with van der Waals surface area (Å²) in [5.74, 6) is -1.57. The molecule has 1 heterocycles. The Bertz CT molecular complexity index is 1220. The highest BCUT2D eigenvalue weighted by Crippen LogP contribution is 2.66. The van der Waals surface area contributed by atoms with E-state index in [1.165, 1.54) is 29.2 Å². The Hall–Kier alpha value is -3.80. The molecule has 4 aliphatic rings. The van der Waals surface area contributed by atoms with Gasteiger partial charge < -0.3 is 0 Å². The molecule has 0 aromatic heterocycles. The molecule has 1 fully saturated rings. The predicted octanol–water partition coefficient (Wildman–Crippen LogP) is 4.34. The fraction of sp³-hybridized carbons (Fsp3) is 0.231. The van der Waals surface area contributed by atoms with E-state index in [-0.39, 0.29) is 17.5 Å². The molecule has 0 spiro atoms. The van der Waals surface area contributed by atoms with Crippen LogP contribution < -0.4 is 4.90 Å². The molecule has 6 nitrogen and oxygen atoms in total. The molecule has 3 aliphatic carbocycles. The molecule has 2 atom stereocenters. The van der Waals surface area contributed by atoms with E-state index in [4.69, 9.17) is 0 Å². The molecule has 32 heavy (non-hydrogen) atoms. The molecule has 3 aromatic rings. The van der Waals surface area contributed by atoms with Crippen LogP contribution in [0.1, 0.15) is 36.1 Å². The van der Waals surface area contributed by atoms with Gasteiger partial charge in [0.2, 0.25) is 11.8 Å². The van der Waals surface area contributed by atoms with Crippen molar-refractivity contribution in [1.82, 2.24) is 0 Å². The van der Waals surface area contributed by atoms with E-state index in [0.717, 1.165) is 22.3 Å². The lowest BCUT2D eigenvalue weighted by molar-refractivity contribution is -0.384. The Morgan fingerprint density at radius 3 is 1.44 bits per heavy atom. The summed E-state index contributed by atoms with van der Waals surface area (Å²) in [7, 11) is 0. The average molecular weight is 424 g/mol. The number of rotatable bonds is 2. The zero-order valence-corrected chi connectivity index (χ0v) is 17.6. The van der Waals surface area contributed by atoms with E-state index >= 15 is 0 Å². The number of hydrogen-bond donors (Lipinski definition) is 0. The molecule has 1 aliphatic heterocycles. The van der Waals surface area contributed by atoms with Crippen LogP contribution in [0.4, 0.5) is 11.4 Å². The number of carbonyl (C=O) groups is 2. The summed E-state index contributed by atoms with van der Waals surface area (Å²) in [6.45, 7) is 4.15. The Balaban J connectivity index is 1.60. The van der Waals surface area contributed by atoms with Crippen molar-refractivity contribution in [3.05, 3.63) is 105 Å². The largest absolute Gasteiger partial charge is 0.274 e. The number of nitro groups is 1. The van der Waals surface area contributed by atoms with Gasteiger partial charge in [0.1, 0.15) is 0 Å². The summed E-state index contributed by atoms with van der Waals surface area (Å²) in [4.78, 5) is 39.6. The SMILES string of the molecule is CC12c3ccccc3C(C)(c3ccccc31)[C@H]1C(=O)N(c3ccc([N+](=O)[O-])cc3)C(=O)[C@H]12. The first-order valence-corrected chi connectivity index (χ1v) is 10.6. The topological polar surface area (TPSA) is 80.5 Å². The van der Waals surface area contributed by atoms with Crippen molar-refractivity contribution in [2.75, 3.05) is 4.90 Å². The number of non-ortho nitro benzene ring substituents is 1. The summed E-state index contributed by atoms with van der Waals surface area (Å²) in [5.41, 5.74) is 3.38. The molecule has 3 aromatic carbocycles. The maximum Gasteiger partial charge on any atom is 0.269 e. The number of carbonyl (C=O) groups excluding carboxylic acids is 2. The fourth-order valence-corrected chi connectivity index (χ4v) is 6.55. The van der Waals surface area contributed by atoms with Gasteiger partial charge >= 0.3 is 0 Å². The predicted molar refractivity (Wildman–Crippen MR) is 118 cm³/mol. The van der Waals surface area contributed by atoms with E-state index in [1.807, 2.05) is 24.3 Å². The van der Waals surface area contributed by atoms with E-state index < -0.39 is 27.6 Å². The Morgan fingerprint density at radius 2 is 1.09 bits per heavy atom. The quantitative estimate of drug-likeness (QED) is 0.348. The molecule has 158 valence electrons. The molecule has 1 saturated heterocycles. The van der Waals surface area contributed by atoms with Gasteiger partial charge in [-0.2, -0.15) is 0 Å². The van der Waals surface area contributed by atoms with Crippen molar-refractivity contribution in [2.24, 2.45) is 11.8 Å². The van der Waals surface area contributed by atoms with E-state index in [0.29, 0.717) is 5.69 Å². The molecule has 6 heteroatoms. The van der Waals surface area contributed by atoms with E-state index in [9.17, 15) is 19.7 Å². The van der Waals surface area contributed by atoms with Crippen molar-refractivity contribution >= 4 is 23.2 Å². The first kappa shape index (κ1) is 18.9. The highest BCUT2D eigenvalue weighted by Gasteiger charge is 2.70. The molecule has 0 unspecified atom stereocenters. The number of anilines is 1. The number of nitrogens with zero attached hydrogens (tertiary/aromatic N) is 2. The van der Waals surface area contributed by atoms with Gasteiger partial charge in [0.15, 0.2) is 0 Å². The first-order valence-electron chi connectivity index (χ1n) is 10.6. The number of benzene rings is 3. The van der Waals surface area contributed by atoms with Crippen LogP contribution in [0.25, 0.3) is 0 Å². The third-order valence-electron chi connectivity index (χ3n) is 7.96. The number of hydrogen-bond acceptors (Lipinski definition) is 4. The molecule has 0 saturated carbocycles. The molecule has 2 amide bonds. The second kappa shape index (κ2) is 5.91. The minimum atomic E-state index is -0.641. The van der Waals surface area contributed by atoms with Gasteiger partial charge in [0, 0.05) is 23.0 Å². The molecule has 0 radical (unpaired) electrons. The van der Waals surface area contributed by atoms with Crippen molar-refractivity contribution in [3.8, 4) is 0 Å². The molecule has 7 rings (SSSR count). The van der Waals surface area contributed by atoms with Crippen LogP contribution >= 0.6 is 0 Å². The van der Waals surface area contributed by atoms with Crippen molar-refractivity contribution in [2.45, 2.75) is 24.7 Å². The second-order valence-corrected chi connectivity index (χ2v) is 9.24. The minimum absolute atomic E-state index is 0.0796. The number of nitro benzene ring substituents is 1. The second-order valence-electron chi connectivity index (χ2n) is 9.24. The van der Waals surface area contributed by atoms with Crippen LogP contribution in [0.2, 0.25) is 0 Å². The third kappa shape index (κ3) is 1.96. The smallest absolute Gasteiger partial charge is 0.269 e. The number of amides is 2. The van der Waals surface area contributed by atoms with Crippen LogP contribution in [-0.2, 0) is 20.4 Å². The summed E-state index contributed by atoms with van der Waals surface area (Å²) < 4.78 is 0. The maximum absolute atomic E-state index is 13.9. The minimum Gasteiger partial charge on any atom is -0.274 e. The van der Waals surface area contributed by atoms with Crippen LogP contribution in [0.5, 0.6) is 0 Å². The fourth-order valence-electron chi connectivity index (χ4n) is 6.55. The van der Waals surface area contributed by atoms with Gasteiger partial charge in [-0.05, 0) is 34.4 Å². The molecule has 0 N–H and O–H groups in total. The van der Waals surface area contributed by atoms with Gasteiger partial charge in [0.25, 0.3) is 5.69 Å². The van der Waals surface area contributed by atoms with Gasteiger partial charge in [0.05, 0.1) is 22.4 Å². The monoisotopic (exact) mass is 424 g/mol. The normalized spacial score (nSPS) is 29.5. The van der Waals surface area contributed by atoms with E-state index in [2.05, 4.69) is 38.1 Å². The molecule has 2 bridgehead atoms. The van der Waals surface area contributed by atoms with Crippen molar-refractivity contribution < 1.29 is 14.5 Å². The lowest BCUT2D eigenvalue weighted by Gasteiger charge is -2.57. The highest BCUT2D eigenvalue weighted by atomic mass is 16.6. The standard InChI is InChI=1S/C26H20N2O4/c1-25-17-7-3-5-9-19(17)26(2,20-10-6-4-8-18(20)25)22-21(25)23(29)27(24(22)30)15-11-13-16(14-12-15)28(31)32/h3-14,21-22H,1-2H3/t21-,22+,25?,26?. The third-order valence-corrected chi connectivity index (χ3v) is 7.96. The molecular formula is C26H20N2O4. The first-order chi connectivity index (χ1) is 15.3. The van der Waals surface area contributed by atoms with Crippen molar-refractivity contribution in [3.63, 3.8) is 0 Å². The summed E-state index contributed by atoms with van der Waals surface area (Å²) in [6, 6.07) is 21.9. The van der Waals surface area contributed by atoms with Crippen LogP contribution in [0.15, 0.2) is 72.8 Å². The van der Waals surface area contributed by atoms with Crippen molar-refractivity contribution in [1.29, 1.82) is 0 Å². The van der Waals surface area contributed by atoms with Gasteiger partial charge in [-0.3, -0.25) is 19.7 Å². The number of imide groups is 1. The van der Waals surface area contributed by atoms with E-state index in [1.54, 1.807) is 0 Å². The average Bonchev–Trinajstić information content (AvgIpc) is 3.08. The Morgan fingerprint density at radius 1 is 0.719 bits per heavy atom. The van der Waals surface area contributed by atoms with Gasteiger partial charge in [-0.25, -0.2) is 4.90 Å². The van der Waals surface area contributed by atoms with Crippen LogP contribution in [-0.4, -0.2) is 16.7 Å². The Kier molecular flexibility index (Phi) is 3.50. The van der Waals surface area contributed by atoms with Gasteiger partial charge in [-0.1, -0.05) is 62.4 Å².